The SMILES string of the molecule is CN(C(=O)C1[C@H]2CNC[C@@H]12)c1ccc(Oc2ccccc2)cc1. The summed E-state index contributed by atoms with van der Waals surface area (Å²) in [5, 5.41) is 3.33. The van der Waals surface area contributed by atoms with Crippen LogP contribution in [0.5, 0.6) is 11.5 Å². The first-order valence-electron chi connectivity index (χ1n) is 8.05. The van der Waals surface area contributed by atoms with Crippen LogP contribution in [0.25, 0.3) is 0 Å². The van der Waals surface area contributed by atoms with Crippen LogP contribution in [0.1, 0.15) is 0 Å². The molecule has 0 spiro atoms. The molecular formula is C19H20N2O2. The molecule has 3 atom stereocenters. The van der Waals surface area contributed by atoms with Gasteiger partial charge in [0, 0.05) is 18.7 Å². The van der Waals surface area contributed by atoms with Crippen molar-refractivity contribution in [1.82, 2.24) is 5.32 Å². The van der Waals surface area contributed by atoms with Crippen LogP contribution in [-0.2, 0) is 4.79 Å². The molecule has 4 nitrogen and oxygen atoms in total. The van der Waals surface area contributed by atoms with Gasteiger partial charge in [0.2, 0.25) is 5.91 Å². The summed E-state index contributed by atoms with van der Waals surface area (Å²) in [6.07, 6.45) is 0. The highest BCUT2D eigenvalue weighted by molar-refractivity contribution is 5.97. The Hall–Kier alpha value is -2.33. The summed E-state index contributed by atoms with van der Waals surface area (Å²) < 4.78 is 5.78. The number of fused-ring (bicyclic) bond motifs is 1. The Morgan fingerprint density at radius 1 is 1.00 bits per heavy atom. The predicted molar refractivity (Wildman–Crippen MR) is 89.7 cm³/mol. The van der Waals surface area contributed by atoms with Crippen LogP contribution >= 0.6 is 0 Å². The van der Waals surface area contributed by atoms with E-state index in [9.17, 15) is 4.79 Å². The zero-order valence-corrected chi connectivity index (χ0v) is 13.1. The summed E-state index contributed by atoms with van der Waals surface area (Å²) in [6.45, 7) is 1.97. The average Bonchev–Trinajstić information content (AvgIpc) is 3.07. The van der Waals surface area contributed by atoms with Crippen molar-refractivity contribution in [3.8, 4) is 11.5 Å². The predicted octanol–water partition coefficient (Wildman–Crippen LogP) is 2.91. The first-order valence-corrected chi connectivity index (χ1v) is 8.05. The molecule has 4 rings (SSSR count). The molecule has 1 saturated heterocycles. The minimum Gasteiger partial charge on any atom is -0.457 e. The fourth-order valence-corrected chi connectivity index (χ4v) is 3.50. The molecule has 2 fully saturated rings. The Balaban J connectivity index is 1.42. The van der Waals surface area contributed by atoms with E-state index in [2.05, 4.69) is 5.32 Å². The summed E-state index contributed by atoms with van der Waals surface area (Å²) in [5.74, 6) is 3.12. The van der Waals surface area contributed by atoms with Gasteiger partial charge in [0.05, 0.1) is 0 Å². The highest BCUT2D eigenvalue weighted by Gasteiger charge is 2.57. The molecular weight excluding hydrogens is 288 g/mol. The summed E-state index contributed by atoms with van der Waals surface area (Å²) in [7, 11) is 1.86. The van der Waals surface area contributed by atoms with E-state index in [0.717, 1.165) is 30.3 Å². The zero-order valence-electron chi connectivity index (χ0n) is 13.1. The number of piperidine rings is 1. The standard InChI is InChI=1S/C19H20N2O2/c1-21(19(22)18-16-11-20-12-17(16)18)13-7-9-15(10-8-13)23-14-5-3-2-4-6-14/h2-10,16-18,20H,11-12H2,1H3/t16-,17+,18?. The van der Waals surface area contributed by atoms with Crippen LogP contribution in [-0.4, -0.2) is 26.0 Å². The molecule has 2 aromatic carbocycles. The molecule has 1 N–H and O–H groups in total. The molecule has 2 aromatic rings. The number of ether oxygens (including phenoxy) is 1. The second kappa shape index (κ2) is 5.70. The van der Waals surface area contributed by atoms with Gasteiger partial charge in [-0.3, -0.25) is 4.79 Å². The third-order valence-electron chi connectivity index (χ3n) is 4.91. The van der Waals surface area contributed by atoms with Gasteiger partial charge in [-0.25, -0.2) is 0 Å². The van der Waals surface area contributed by atoms with Crippen molar-refractivity contribution >= 4 is 11.6 Å². The number of amides is 1. The number of rotatable bonds is 4. The third kappa shape index (κ3) is 2.70. The summed E-state index contributed by atoms with van der Waals surface area (Å²) in [5.41, 5.74) is 0.911. The van der Waals surface area contributed by atoms with Crippen molar-refractivity contribution in [2.24, 2.45) is 17.8 Å². The molecule has 0 bridgehead atoms. The van der Waals surface area contributed by atoms with E-state index in [1.807, 2.05) is 61.6 Å². The maximum Gasteiger partial charge on any atom is 0.230 e. The molecule has 0 radical (unpaired) electrons. The molecule has 23 heavy (non-hydrogen) atoms. The molecule has 4 heteroatoms. The fraction of sp³-hybridized carbons (Fsp3) is 0.316. The Kier molecular flexibility index (Phi) is 3.54. The van der Waals surface area contributed by atoms with E-state index in [0.29, 0.717) is 11.8 Å². The van der Waals surface area contributed by atoms with Crippen LogP contribution in [0, 0.1) is 17.8 Å². The smallest absolute Gasteiger partial charge is 0.230 e. The molecule has 1 aliphatic heterocycles. The second-order valence-electron chi connectivity index (χ2n) is 6.32. The van der Waals surface area contributed by atoms with Gasteiger partial charge >= 0.3 is 0 Å². The monoisotopic (exact) mass is 308 g/mol. The van der Waals surface area contributed by atoms with Gasteiger partial charge in [0.25, 0.3) is 0 Å². The normalized spacial score (nSPS) is 24.8. The number of carbonyl (C=O) groups excluding carboxylic acids is 1. The largest absolute Gasteiger partial charge is 0.457 e. The van der Waals surface area contributed by atoms with Crippen molar-refractivity contribution < 1.29 is 9.53 Å². The molecule has 118 valence electrons. The Bertz CT molecular complexity index is 689. The van der Waals surface area contributed by atoms with Gasteiger partial charge in [-0.05, 0) is 61.3 Å². The topological polar surface area (TPSA) is 41.6 Å². The van der Waals surface area contributed by atoms with Gasteiger partial charge in [0.15, 0.2) is 0 Å². The van der Waals surface area contributed by atoms with Gasteiger partial charge < -0.3 is 15.0 Å². The van der Waals surface area contributed by atoms with Crippen LogP contribution in [0.3, 0.4) is 0 Å². The van der Waals surface area contributed by atoms with E-state index in [1.165, 1.54) is 0 Å². The molecule has 2 aliphatic rings. The van der Waals surface area contributed by atoms with Crippen molar-refractivity contribution in [3.63, 3.8) is 0 Å². The number of nitrogens with zero attached hydrogens (tertiary/aromatic N) is 1. The lowest BCUT2D eigenvalue weighted by Gasteiger charge is -2.19. The maximum atomic E-state index is 12.6. The Morgan fingerprint density at radius 3 is 2.26 bits per heavy atom. The van der Waals surface area contributed by atoms with Crippen LogP contribution in [0.15, 0.2) is 54.6 Å². The lowest BCUT2D eigenvalue weighted by atomic mass is 10.2. The van der Waals surface area contributed by atoms with Crippen molar-refractivity contribution in [1.29, 1.82) is 0 Å². The first kappa shape index (κ1) is 14.3. The number of para-hydroxylation sites is 1. The molecule has 0 aromatic heterocycles. The highest BCUT2D eigenvalue weighted by Crippen LogP contribution is 2.49. The number of benzene rings is 2. The highest BCUT2D eigenvalue weighted by atomic mass is 16.5. The third-order valence-corrected chi connectivity index (χ3v) is 4.91. The quantitative estimate of drug-likeness (QED) is 0.944. The van der Waals surface area contributed by atoms with E-state index >= 15 is 0 Å². The molecule has 1 heterocycles. The van der Waals surface area contributed by atoms with Gasteiger partial charge in [-0.1, -0.05) is 18.2 Å². The lowest BCUT2D eigenvalue weighted by Crippen LogP contribution is -2.31. The lowest BCUT2D eigenvalue weighted by molar-refractivity contribution is -0.120. The van der Waals surface area contributed by atoms with E-state index in [-0.39, 0.29) is 11.8 Å². The molecule has 1 saturated carbocycles. The van der Waals surface area contributed by atoms with Crippen LogP contribution in [0.2, 0.25) is 0 Å². The molecule has 1 aliphatic carbocycles. The Labute approximate surface area is 136 Å². The van der Waals surface area contributed by atoms with Gasteiger partial charge in [-0.2, -0.15) is 0 Å². The minimum atomic E-state index is 0.210. The Morgan fingerprint density at radius 2 is 1.61 bits per heavy atom. The van der Waals surface area contributed by atoms with Crippen molar-refractivity contribution in [2.45, 2.75) is 0 Å². The molecule has 1 unspecified atom stereocenters. The van der Waals surface area contributed by atoms with Crippen LogP contribution in [0.4, 0.5) is 5.69 Å². The number of hydrogen-bond donors (Lipinski definition) is 1. The average molecular weight is 308 g/mol. The van der Waals surface area contributed by atoms with E-state index < -0.39 is 0 Å². The number of carbonyl (C=O) groups is 1. The molecule has 1 amide bonds. The van der Waals surface area contributed by atoms with Gasteiger partial charge in [0.1, 0.15) is 11.5 Å². The zero-order chi connectivity index (χ0) is 15.8. The van der Waals surface area contributed by atoms with Gasteiger partial charge in [-0.15, -0.1) is 0 Å². The fourth-order valence-electron chi connectivity index (χ4n) is 3.50. The number of nitrogens with one attached hydrogen (secondary N) is 1. The first-order chi connectivity index (χ1) is 11.2. The second-order valence-corrected chi connectivity index (χ2v) is 6.32. The van der Waals surface area contributed by atoms with E-state index in [1.54, 1.807) is 4.90 Å². The van der Waals surface area contributed by atoms with E-state index in [4.69, 9.17) is 4.74 Å². The maximum absolute atomic E-state index is 12.6. The van der Waals surface area contributed by atoms with Crippen LogP contribution < -0.4 is 15.0 Å². The van der Waals surface area contributed by atoms with Crippen molar-refractivity contribution in [2.75, 3.05) is 25.0 Å². The summed E-state index contributed by atoms with van der Waals surface area (Å²) in [4.78, 5) is 14.3. The number of hydrogen-bond acceptors (Lipinski definition) is 3. The number of anilines is 1. The summed E-state index contributed by atoms with van der Waals surface area (Å²) in [6, 6.07) is 17.4. The summed E-state index contributed by atoms with van der Waals surface area (Å²) >= 11 is 0. The van der Waals surface area contributed by atoms with Crippen molar-refractivity contribution in [3.05, 3.63) is 54.6 Å². The minimum absolute atomic E-state index is 0.210.